The first-order chi connectivity index (χ1) is 35.4. The molecule has 2 aliphatic carbocycles. The summed E-state index contributed by atoms with van der Waals surface area (Å²) in [4.78, 5) is 22.0. The van der Waals surface area contributed by atoms with Crippen molar-refractivity contribution in [3.63, 3.8) is 0 Å². The van der Waals surface area contributed by atoms with Crippen LogP contribution in [0.1, 0.15) is 67.8 Å². The van der Waals surface area contributed by atoms with Gasteiger partial charge in [-0.25, -0.2) is 21.6 Å². The standard InChI is InChI=1S/C54H67ClF3N7O6S3/c1-52(38-64-26-23-59-24-27-64)22-18-48(40-8-12-43(55)13-9-40)42(35-52)36-62-28-30-65(31-29-62)45-14-10-41(11-15-45)51(66)61-74(69,70)47-16-17-49(50(34-47)73(67,68)54(56,57)58)60-44(37-72-46-6-3-2-4-7-46)19-25-63-32-33-71-53(39-63)20-5-21-53/h2-4,6-17,34,44,59-60H,5,18-33,35-39H2,1H3,(H,61,66). The number of thioether (sulfide) groups is 1. The topological polar surface area (TPSA) is 144 Å². The van der Waals surface area contributed by atoms with Gasteiger partial charge in [0.1, 0.15) is 4.90 Å². The Morgan fingerprint density at radius 3 is 2.24 bits per heavy atom. The number of alkyl halides is 3. The lowest BCUT2D eigenvalue weighted by Crippen LogP contribution is -2.56. The second-order valence-electron chi connectivity index (χ2n) is 20.9. The molecule has 0 radical (unpaired) electrons. The van der Waals surface area contributed by atoms with Gasteiger partial charge >= 0.3 is 5.51 Å². The summed E-state index contributed by atoms with van der Waals surface area (Å²) in [5.41, 5.74) is -1.17. The fourth-order valence-corrected chi connectivity index (χ4v) is 14.2. The van der Waals surface area contributed by atoms with Crippen LogP contribution in [0.5, 0.6) is 0 Å². The van der Waals surface area contributed by atoms with E-state index in [1.807, 2.05) is 47.2 Å². The number of amides is 1. The number of hydrogen-bond donors (Lipinski definition) is 3. The largest absolute Gasteiger partial charge is 0.501 e. The minimum absolute atomic E-state index is 0.00229. The van der Waals surface area contributed by atoms with Crippen molar-refractivity contribution >= 4 is 66.1 Å². The Labute approximate surface area is 443 Å². The highest BCUT2D eigenvalue weighted by Gasteiger charge is 2.49. The molecule has 3 saturated heterocycles. The zero-order valence-electron chi connectivity index (χ0n) is 41.8. The molecule has 4 fully saturated rings. The first-order valence-electron chi connectivity index (χ1n) is 25.7. The maximum atomic E-state index is 14.4. The smallest absolute Gasteiger partial charge is 0.380 e. The van der Waals surface area contributed by atoms with Gasteiger partial charge in [0.2, 0.25) is 0 Å². The van der Waals surface area contributed by atoms with E-state index in [-0.39, 0.29) is 16.6 Å². The molecule has 1 amide bonds. The molecule has 2 atom stereocenters. The van der Waals surface area contributed by atoms with Gasteiger partial charge in [-0.15, -0.1) is 11.8 Å². The average molecular weight is 1100 g/mol. The number of carbonyl (C=O) groups is 1. The molecular weight excluding hydrogens is 1030 g/mol. The van der Waals surface area contributed by atoms with Crippen LogP contribution in [-0.2, 0) is 24.6 Å². The molecule has 2 unspecified atom stereocenters. The molecule has 5 aliphatic rings. The second-order valence-corrected chi connectivity index (χ2v) is 26.0. The molecule has 3 N–H and O–H groups in total. The number of carbonyl (C=O) groups excluding carboxylic acids is 1. The highest BCUT2D eigenvalue weighted by atomic mass is 35.5. The number of halogens is 4. The zero-order chi connectivity index (χ0) is 52.1. The first kappa shape index (κ1) is 54.6. The van der Waals surface area contributed by atoms with E-state index in [1.54, 1.807) is 12.1 Å². The number of sulfonamides is 1. The number of hydrogen-bond acceptors (Lipinski definition) is 13. The fourth-order valence-electron chi connectivity index (χ4n) is 11.1. The van der Waals surface area contributed by atoms with Crippen LogP contribution in [0.15, 0.2) is 117 Å². The molecule has 1 spiro atoms. The van der Waals surface area contributed by atoms with Gasteiger partial charge in [0, 0.05) is 118 Å². The summed E-state index contributed by atoms with van der Waals surface area (Å²) >= 11 is 7.76. The summed E-state index contributed by atoms with van der Waals surface area (Å²) in [6, 6.07) is 26.1. The lowest BCUT2D eigenvalue weighted by molar-refractivity contribution is -0.151. The summed E-state index contributed by atoms with van der Waals surface area (Å²) in [6.45, 7) is 14.2. The average Bonchev–Trinajstić information content (AvgIpc) is 3.37. The molecule has 3 heterocycles. The minimum atomic E-state index is -6.07. The van der Waals surface area contributed by atoms with Crippen molar-refractivity contribution in [1.29, 1.82) is 0 Å². The number of morpholine rings is 1. The molecule has 4 aromatic carbocycles. The van der Waals surface area contributed by atoms with Gasteiger partial charge in [-0.05, 0) is 128 Å². The Kier molecular flexibility index (Phi) is 17.1. The lowest BCUT2D eigenvalue weighted by atomic mass is 9.71. The fraction of sp³-hybridized carbons (Fsp3) is 0.500. The van der Waals surface area contributed by atoms with Crippen molar-refractivity contribution in [2.75, 3.05) is 108 Å². The summed E-state index contributed by atoms with van der Waals surface area (Å²) in [5, 5.41) is 7.24. The highest BCUT2D eigenvalue weighted by Crippen LogP contribution is 2.44. The Bertz CT molecular complexity index is 2850. The van der Waals surface area contributed by atoms with Crippen LogP contribution in [0.2, 0.25) is 5.02 Å². The number of allylic oxidation sites excluding steroid dienone is 1. The molecule has 20 heteroatoms. The van der Waals surface area contributed by atoms with Crippen LogP contribution in [-0.4, -0.2) is 152 Å². The third-order valence-electron chi connectivity index (χ3n) is 15.4. The van der Waals surface area contributed by atoms with Gasteiger partial charge < -0.3 is 25.2 Å². The lowest BCUT2D eigenvalue weighted by Gasteiger charge is -2.48. The third kappa shape index (κ3) is 13.3. The van der Waals surface area contributed by atoms with Crippen molar-refractivity contribution in [3.05, 3.63) is 119 Å². The van der Waals surface area contributed by atoms with Crippen LogP contribution in [0.3, 0.4) is 0 Å². The van der Waals surface area contributed by atoms with Crippen LogP contribution < -0.4 is 20.3 Å². The van der Waals surface area contributed by atoms with E-state index in [4.69, 9.17) is 16.3 Å². The Hall–Kier alpha value is -4.18. The number of piperazine rings is 2. The summed E-state index contributed by atoms with van der Waals surface area (Å²) in [6.07, 6.45) is 6.65. The van der Waals surface area contributed by atoms with E-state index in [2.05, 4.69) is 49.3 Å². The number of nitrogens with zero attached hydrogens (tertiary/aromatic N) is 4. The molecule has 400 valence electrons. The first-order valence-corrected chi connectivity index (χ1v) is 30.0. The second kappa shape index (κ2) is 23.2. The summed E-state index contributed by atoms with van der Waals surface area (Å²) in [5.74, 6) is -0.645. The number of anilines is 2. The molecule has 9 rings (SSSR count). The predicted molar refractivity (Wildman–Crippen MR) is 287 cm³/mol. The van der Waals surface area contributed by atoms with Crippen molar-refractivity contribution in [3.8, 4) is 0 Å². The molecule has 1 saturated carbocycles. The number of nitrogens with one attached hydrogen (secondary N) is 3. The Balaban J connectivity index is 0.851. The molecule has 4 aromatic rings. The number of ether oxygens (including phenoxy) is 1. The summed E-state index contributed by atoms with van der Waals surface area (Å²) in [7, 11) is -10.9. The molecule has 0 bridgehead atoms. The van der Waals surface area contributed by atoms with Crippen molar-refractivity contribution in [2.24, 2.45) is 5.41 Å². The monoisotopic (exact) mass is 1100 g/mol. The molecule has 74 heavy (non-hydrogen) atoms. The summed E-state index contributed by atoms with van der Waals surface area (Å²) < 4.78 is 105. The third-order valence-corrected chi connectivity index (χ3v) is 19.6. The van der Waals surface area contributed by atoms with Crippen LogP contribution in [0.4, 0.5) is 24.5 Å². The van der Waals surface area contributed by atoms with Crippen LogP contribution in [0.25, 0.3) is 5.57 Å². The minimum Gasteiger partial charge on any atom is -0.380 e. The van der Waals surface area contributed by atoms with Gasteiger partial charge in [0.05, 0.1) is 22.8 Å². The van der Waals surface area contributed by atoms with Crippen LogP contribution >= 0.6 is 23.4 Å². The molecule has 0 aromatic heterocycles. The number of sulfone groups is 1. The van der Waals surface area contributed by atoms with Gasteiger partial charge in [0.15, 0.2) is 0 Å². The number of benzene rings is 4. The number of rotatable bonds is 18. The maximum absolute atomic E-state index is 14.4. The van der Waals surface area contributed by atoms with E-state index in [9.17, 15) is 34.8 Å². The van der Waals surface area contributed by atoms with E-state index in [0.717, 1.165) is 138 Å². The molecule has 13 nitrogen and oxygen atoms in total. The van der Waals surface area contributed by atoms with Crippen molar-refractivity contribution in [2.45, 2.75) is 83.7 Å². The molecule has 3 aliphatic heterocycles. The Morgan fingerprint density at radius 2 is 1.57 bits per heavy atom. The molecular formula is C54H67ClF3N7O6S3. The van der Waals surface area contributed by atoms with Crippen molar-refractivity contribution in [1.82, 2.24) is 24.7 Å². The van der Waals surface area contributed by atoms with E-state index >= 15 is 0 Å². The normalized spacial score (nSPS) is 21.8. The predicted octanol–water partition coefficient (Wildman–Crippen LogP) is 8.64. The van der Waals surface area contributed by atoms with E-state index in [0.29, 0.717) is 37.9 Å². The van der Waals surface area contributed by atoms with E-state index < -0.39 is 52.8 Å². The van der Waals surface area contributed by atoms with Crippen LogP contribution in [0, 0.1) is 5.41 Å². The Morgan fingerprint density at radius 1 is 0.851 bits per heavy atom. The van der Waals surface area contributed by atoms with Crippen molar-refractivity contribution < 1.29 is 39.5 Å². The van der Waals surface area contributed by atoms with Gasteiger partial charge in [0.25, 0.3) is 25.8 Å². The van der Waals surface area contributed by atoms with E-state index in [1.165, 1.54) is 40.6 Å². The van der Waals surface area contributed by atoms with Gasteiger partial charge in [-0.1, -0.05) is 54.4 Å². The zero-order valence-corrected chi connectivity index (χ0v) is 45.1. The quantitative estimate of drug-likeness (QED) is 0.0820. The van der Waals surface area contributed by atoms with Gasteiger partial charge in [-0.2, -0.15) is 13.2 Å². The van der Waals surface area contributed by atoms with Gasteiger partial charge in [-0.3, -0.25) is 14.6 Å². The maximum Gasteiger partial charge on any atom is 0.501 e. The highest BCUT2D eigenvalue weighted by molar-refractivity contribution is 7.99. The SMILES string of the molecule is CC1(CN2CCNCC2)CCC(c2ccc(Cl)cc2)=C(CN2CCN(c3ccc(C(=O)NS(=O)(=O)c4ccc(NC(CCN5CCOC6(CCC6)C5)CSc5ccccc5)c(S(=O)(=O)C(F)(F)F)c4)cc3)CC2)C1.